The van der Waals surface area contributed by atoms with Crippen molar-refractivity contribution < 1.29 is 0 Å². The summed E-state index contributed by atoms with van der Waals surface area (Å²) >= 11 is 3.51. The van der Waals surface area contributed by atoms with Crippen LogP contribution in [0, 0.1) is 5.92 Å². The van der Waals surface area contributed by atoms with Gasteiger partial charge in [0.1, 0.15) is 0 Å². The fourth-order valence-electron chi connectivity index (χ4n) is 2.20. The second-order valence-electron chi connectivity index (χ2n) is 5.10. The van der Waals surface area contributed by atoms with E-state index in [0.29, 0.717) is 0 Å². The largest absolute Gasteiger partial charge is 0.347 e. The van der Waals surface area contributed by atoms with Gasteiger partial charge in [-0.2, -0.15) is 0 Å². The Morgan fingerprint density at radius 1 is 1.18 bits per heavy atom. The molecule has 1 heterocycles. The van der Waals surface area contributed by atoms with Crippen molar-refractivity contribution in [1.29, 1.82) is 0 Å². The molecule has 0 atom stereocenters. The van der Waals surface area contributed by atoms with Crippen LogP contribution in [0.1, 0.15) is 33.1 Å². The Morgan fingerprint density at radius 2 is 2.00 bits per heavy atom. The summed E-state index contributed by atoms with van der Waals surface area (Å²) in [4.78, 5) is 0. The van der Waals surface area contributed by atoms with Crippen LogP contribution in [0.25, 0.3) is 10.9 Å². The average Bonchev–Trinajstić information content (AvgIpc) is 2.66. The summed E-state index contributed by atoms with van der Waals surface area (Å²) in [5.74, 6) is 0.826. The summed E-state index contributed by atoms with van der Waals surface area (Å²) < 4.78 is 3.52. The van der Waals surface area contributed by atoms with Crippen LogP contribution in [0.3, 0.4) is 0 Å². The van der Waals surface area contributed by atoms with Crippen LogP contribution in [0.15, 0.2) is 34.9 Å². The van der Waals surface area contributed by atoms with Crippen LogP contribution in [-0.2, 0) is 6.54 Å². The number of hydrogen-bond donors (Lipinski definition) is 0. The van der Waals surface area contributed by atoms with Crippen molar-refractivity contribution in [2.45, 2.75) is 39.7 Å². The van der Waals surface area contributed by atoms with E-state index in [2.05, 4.69) is 64.8 Å². The molecule has 0 aliphatic carbocycles. The summed E-state index contributed by atoms with van der Waals surface area (Å²) in [6.45, 7) is 5.73. The van der Waals surface area contributed by atoms with Crippen molar-refractivity contribution in [1.82, 2.24) is 4.57 Å². The molecule has 0 saturated heterocycles. The molecule has 0 fully saturated rings. The Kier molecular flexibility index (Phi) is 4.27. The van der Waals surface area contributed by atoms with Gasteiger partial charge in [0.05, 0.1) is 0 Å². The highest BCUT2D eigenvalue weighted by molar-refractivity contribution is 9.10. The van der Waals surface area contributed by atoms with Crippen LogP contribution in [0.4, 0.5) is 0 Å². The maximum atomic E-state index is 3.51. The summed E-state index contributed by atoms with van der Waals surface area (Å²) in [5, 5.41) is 1.32. The van der Waals surface area contributed by atoms with Crippen molar-refractivity contribution in [3.8, 4) is 0 Å². The second kappa shape index (κ2) is 5.72. The molecule has 1 aromatic carbocycles. The third-order valence-electron chi connectivity index (χ3n) is 3.16. The monoisotopic (exact) mass is 293 g/mol. The third-order valence-corrected chi connectivity index (χ3v) is 3.66. The van der Waals surface area contributed by atoms with Crippen molar-refractivity contribution in [2.24, 2.45) is 5.92 Å². The SMILES string of the molecule is CC(C)CCCCn1ccc2cc(Br)ccc21. The topological polar surface area (TPSA) is 4.93 Å². The maximum absolute atomic E-state index is 3.51. The lowest BCUT2D eigenvalue weighted by Crippen LogP contribution is -1.97. The lowest BCUT2D eigenvalue weighted by molar-refractivity contribution is 0.513. The Labute approximate surface area is 112 Å². The first-order chi connectivity index (χ1) is 8.16. The quantitative estimate of drug-likeness (QED) is 0.665. The molecule has 2 aromatic rings. The van der Waals surface area contributed by atoms with Crippen molar-refractivity contribution in [3.05, 3.63) is 34.9 Å². The van der Waals surface area contributed by atoms with E-state index in [-0.39, 0.29) is 0 Å². The molecule has 0 saturated carbocycles. The van der Waals surface area contributed by atoms with Gasteiger partial charge in [-0.05, 0) is 36.6 Å². The Morgan fingerprint density at radius 3 is 2.76 bits per heavy atom. The molecule has 0 amide bonds. The van der Waals surface area contributed by atoms with Gasteiger partial charge >= 0.3 is 0 Å². The molecule has 17 heavy (non-hydrogen) atoms. The van der Waals surface area contributed by atoms with E-state index < -0.39 is 0 Å². The molecule has 1 nitrogen and oxygen atoms in total. The zero-order valence-corrected chi connectivity index (χ0v) is 12.2. The summed E-state index contributed by atoms with van der Waals surface area (Å²) in [6.07, 6.45) is 6.14. The summed E-state index contributed by atoms with van der Waals surface area (Å²) in [5.41, 5.74) is 1.35. The molecular formula is C15H20BrN. The van der Waals surface area contributed by atoms with Gasteiger partial charge in [0.25, 0.3) is 0 Å². The minimum Gasteiger partial charge on any atom is -0.347 e. The Hall–Kier alpha value is -0.760. The number of fused-ring (bicyclic) bond motifs is 1. The van der Waals surface area contributed by atoms with E-state index in [1.807, 2.05) is 0 Å². The zero-order chi connectivity index (χ0) is 12.3. The molecular weight excluding hydrogens is 274 g/mol. The first-order valence-corrected chi connectivity index (χ1v) is 7.20. The van der Waals surface area contributed by atoms with Crippen LogP contribution < -0.4 is 0 Å². The van der Waals surface area contributed by atoms with E-state index in [9.17, 15) is 0 Å². The molecule has 0 radical (unpaired) electrons. The molecule has 92 valence electrons. The van der Waals surface area contributed by atoms with Crippen LogP contribution in [-0.4, -0.2) is 4.57 Å². The fraction of sp³-hybridized carbons (Fsp3) is 0.467. The number of benzene rings is 1. The van der Waals surface area contributed by atoms with Crippen LogP contribution >= 0.6 is 15.9 Å². The Bertz CT molecular complexity index is 485. The van der Waals surface area contributed by atoms with Gasteiger partial charge in [-0.3, -0.25) is 0 Å². The molecule has 0 N–H and O–H groups in total. The lowest BCUT2D eigenvalue weighted by Gasteiger charge is -2.07. The molecule has 0 aliphatic rings. The minimum absolute atomic E-state index is 0.826. The van der Waals surface area contributed by atoms with Gasteiger partial charge in [0, 0.05) is 28.1 Å². The predicted octanol–water partition coefficient (Wildman–Crippen LogP) is 5.23. The van der Waals surface area contributed by atoms with E-state index in [4.69, 9.17) is 0 Å². The number of halogens is 1. The van der Waals surface area contributed by atoms with Gasteiger partial charge in [-0.25, -0.2) is 0 Å². The predicted molar refractivity (Wildman–Crippen MR) is 78.3 cm³/mol. The number of unbranched alkanes of at least 4 members (excludes halogenated alkanes) is 1. The van der Waals surface area contributed by atoms with Gasteiger partial charge in [-0.1, -0.05) is 42.6 Å². The van der Waals surface area contributed by atoms with Gasteiger partial charge in [0.15, 0.2) is 0 Å². The minimum atomic E-state index is 0.826. The standard InChI is InChI=1S/C15H20BrN/c1-12(2)5-3-4-9-17-10-8-13-11-14(16)6-7-15(13)17/h6-8,10-12H,3-5,9H2,1-2H3. The first-order valence-electron chi connectivity index (χ1n) is 6.41. The molecule has 0 aliphatic heterocycles. The molecule has 2 heteroatoms. The lowest BCUT2D eigenvalue weighted by atomic mass is 10.1. The molecule has 0 bridgehead atoms. The second-order valence-corrected chi connectivity index (χ2v) is 6.02. The Balaban J connectivity index is 1.99. The summed E-state index contributed by atoms with van der Waals surface area (Å²) in [7, 11) is 0. The van der Waals surface area contributed by atoms with Gasteiger partial charge < -0.3 is 4.57 Å². The normalized spacial score (nSPS) is 11.5. The third kappa shape index (κ3) is 3.35. The van der Waals surface area contributed by atoms with Gasteiger partial charge in [-0.15, -0.1) is 0 Å². The average molecular weight is 294 g/mol. The maximum Gasteiger partial charge on any atom is 0.0481 e. The van der Waals surface area contributed by atoms with Crippen molar-refractivity contribution in [3.63, 3.8) is 0 Å². The molecule has 0 unspecified atom stereocenters. The number of nitrogens with zero attached hydrogens (tertiary/aromatic N) is 1. The smallest absolute Gasteiger partial charge is 0.0481 e. The number of aromatic nitrogens is 1. The number of aryl methyl sites for hydroxylation is 1. The first kappa shape index (κ1) is 12.7. The van der Waals surface area contributed by atoms with E-state index in [0.717, 1.165) is 16.9 Å². The molecule has 0 spiro atoms. The van der Waals surface area contributed by atoms with Crippen LogP contribution in [0.5, 0.6) is 0 Å². The highest BCUT2D eigenvalue weighted by Crippen LogP contribution is 2.21. The van der Waals surface area contributed by atoms with E-state index >= 15 is 0 Å². The van der Waals surface area contributed by atoms with E-state index in [1.54, 1.807) is 0 Å². The number of rotatable bonds is 5. The summed E-state index contributed by atoms with van der Waals surface area (Å²) in [6, 6.07) is 8.69. The number of hydrogen-bond acceptors (Lipinski definition) is 0. The van der Waals surface area contributed by atoms with Crippen molar-refractivity contribution >= 4 is 26.8 Å². The van der Waals surface area contributed by atoms with Crippen molar-refractivity contribution in [2.75, 3.05) is 0 Å². The van der Waals surface area contributed by atoms with Gasteiger partial charge in [0.2, 0.25) is 0 Å². The van der Waals surface area contributed by atoms with Crippen LogP contribution in [0.2, 0.25) is 0 Å². The molecule has 1 aromatic heterocycles. The molecule has 2 rings (SSSR count). The fourth-order valence-corrected chi connectivity index (χ4v) is 2.58. The highest BCUT2D eigenvalue weighted by atomic mass is 79.9. The highest BCUT2D eigenvalue weighted by Gasteiger charge is 2.01. The zero-order valence-electron chi connectivity index (χ0n) is 10.6. The van der Waals surface area contributed by atoms with E-state index in [1.165, 1.54) is 30.2 Å².